The van der Waals surface area contributed by atoms with Crippen molar-refractivity contribution in [3.05, 3.63) is 0 Å². The van der Waals surface area contributed by atoms with Crippen molar-refractivity contribution in [2.24, 2.45) is 5.92 Å². The Bertz CT molecular complexity index is 262. The Hall–Kier alpha value is 0.200. The molecule has 0 heterocycles. The first-order valence-electron chi connectivity index (χ1n) is 5.09. The van der Waals surface area contributed by atoms with E-state index in [0.29, 0.717) is 12.3 Å². The van der Waals surface area contributed by atoms with Crippen molar-refractivity contribution >= 4 is 21.6 Å². The van der Waals surface area contributed by atoms with E-state index in [1.54, 1.807) is 0 Å². The van der Waals surface area contributed by atoms with Gasteiger partial charge in [0.25, 0.3) is 0 Å². The molecular weight excluding hydrogens is 222 g/mol. The van der Waals surface area contributed by atoms with Crippen LogP contribution in [0.25, 0.3) is 0 Å². The average Bonchev–Trinajstić information content (AvgIpc) is 2.83. The van der Waals surface area contributed by atoms with Crippen LogP contribution in [-0.4, -0.2) is 26.1 Å². The van der Waals surface area contributed by atoms with Crippen molar-refractivity contribution in [1.29, 1.82) is 0 Å². The molecule has 1 aliphatic carbocycles. The third-order valence-electron chi connectivity index (χ3n) is 2.31. The Kier molecular flexibility index (Phi) is 4.67. The van der Waals surface area contributed by atoms with Crippen LogP contribution >= 0.6 is 11.6 Å². The predicted octanol–water partition coefficient (Wildman–Crippen LogP) is 1.72. The second-order valence-electron chi connectivity index (χ2n) is 4.06. The predicted molar refractivity (Wildman–Crippen MR) is 59.1 cm³/mol. The first kappa shape index (κ1) is 12.3. The van der Waals surface area contributed by atoms with Gasteiger partial charge in [-0.2, -0.15) is 0 Å². The molecule has 14 heavy (non-hydrogen) atoms. The summed E-state index contributed by atoms with van der Waals surface area (Å²) in [6.07, 6.45) is 4.01. The molecule has 0 bridgehead atoms. The van der Waals surface area contributed by atoms with E-state index < -0.39 is 10.0 Å². The molecule has 1 fully saturated rings. The summed E-state index contributed by atoms with van der Waals surface area (Å²) in [5, 5.41) is 0. The van der Waals surface area contributed by atoms with Crippen molar-refractivity contribution in [2.45, 2.75) is 38.6 Å². The Balaban J connectivity index is 2.25. The third-order valence-corrected chi connectivity index (χ3v) is 4.17. The molecule has 1 rings (SSSR count). The molecule has 1 atom stereocenters. The Morgan fingerprint density at radius 1 is 1.50 bits per heavy atom. The molecule has 0 aromatic rings. The van der Waals surface area contributed by atoms with Crippen LogP contribution in [0.2, 0.25) is 0 Å². The monoisotopic (exact) mass is 239 g/mol. The lowest BCUT2D eigenvalue weighted by atomic mass is 10.2. The van der Waals surface area contributed by atoms with Gasteiger partial charge in [-0.1, -0.05) is 12.8 Å². The molecule has 0 amide bonds. The van der Waals surface area contributed by atoms with E-state index >= 15 is 0 Å². The number of hydrogen-bond acceptors (Lipinski definition) is 2. The molecule has 0 spiro atoms. The normalized spacial score (nSPS) is 19.6. The summed E-state index contributed by atoms with van der Waals surface area (Å²) in [5.41, 5.74) is 0. The fourth-order valence-corrected chi connectivity index (χ4v) is 3.16. The number of nitrogens with one attached hydrogen (secondary N) is 1. The maximum atomic E-state index is 11.4. The zero-order chi connectivity index (χ0) is 10.6. The second-order valence-corrected chi connectivity index (χ2v) is 6.31. The summed E-state index contributed by atoms with van der Waals surface area (Å²) in [6, 6.07) is 0.0721. The summed E-state index contributed by atoms with van der Waals surface area (Å²) in [5.74, 6) is 1.30. The van der Waals surface area contributed by atoms with E-state index in [0.717, 1.165) is 12.3 Å². The Morgan fingerprint density at radius 3 is 2.64 bits per heavy atom. The van der Waals surface area contributed by atoms with Gasteiger partial charge >= 0.3 is 0 Å². The van der Waals surface area contributed by atoms with Gasteiger partial charge in [-0.15, -0.1) is 11.6 Å². The van der Waals surface area contributed by atoms with Crippen LogP contribution < -0.4 is 4.72 Å². The van der Waals surface area contributed by atoms with Crippen LogP contribution in [-0.2, 0) is 10.0 Å². The molecule has 1 N–H and O–H groups in total. The third kappa shape index (κ3) is 5.17. The second kappa shape index (κ2) is 5.33. The van der Waals surface area contributed by atoms with Crippen LogP contribution in [0.15, 0.2) is 0 Å². The van der Waals surface area contributed by atoms with Gasteiger partial charge in [0.05, 0.1) is 5.75 Å². The van der Waals surface area contributed by atoms with E-state index in [1.165, 1.54) is 12.8 Å². The van der Waals surface area contributed by atoms with E-state index in [1.807, 2.05) is 6.92 Å². The van der Waals surface area contributed by atoms with Crippen LogP contribution in [0.3, 0.4) is 0 Å². The molecular formula is C9H18ClNO2S. The minimum absolute atomic E-state index is 0.0721. The molecule has 0 aliphatic heterocycles. The molecule has 3 nitrogen and oxygen atoms in total. The number of sulfonamides is 1. The summed E-state index contributed by atoms with van der Waals surface area (Å²) >= 11 is 5.45. The van der Waals surface area contributed by atoms with Gasteiger partial charge in [-0.3, -0.25) is 0 Å². The highest BCUT2D eigenvalue weighted by molar-refractivity contribution is 7.89. The molecule has 0 saturated heterocycles. The van der Waals surface area contributed by atoms with Crippen LogP contribution in [0.1, 0.15) is 32.6 Å². The molecule has 0 aromatic heterocycles. The number of hydrogen-bond donors (Lipinski definition) is 1. The van der Waals surface area contributed by atoms with Crippen LogP contribution in [0, 0.1) is 5.92 Å². The van der Waals surface area contributed by atoms with Gasteiger partial charge < -0.3 is 0 Å². The number of halogens is 1. The zero-order valence-corrected chi connectivity index (χ0v) is 10.1. The maximum Gasteiger partial charge on any atom is 0.211 e. The summed E-state index contributed by atoms with van der Waals surface area (Å²) < 4.78 is 25.5. The topological polar surface area (TPSA) is 46.2 Å². The van der Waals surface area contributed by atoms with E-state index in [9.17, 15) is 8.42 Å². The van der Waals surface area contributed by atoms with Crippen molar-refractivity contribution < 1.29 is 8.42 Å². The van der Waals surface area contributed by atoms with Gasteiger partial charge in [-0.05, 0) is 25.7 Å². The highest BCUT2D eigenvalue weighted by Crippen LogP contribution is 2.33. The first-order valence-corrected chi connectivity index (χ1v) is 7.28. The van der Waals surface area contributed by atoms with Gasteiger partial charge in [-0.25, -0.2) is 13.1 Å². The lowest BCUT2D eigenvalue weighted by molar-refractivity contribution is 0.529. The standard InChI is InChI=1S/C9H18ClNO2S/c1-8(7-9-3-4-9)11-14(12,13)6-2-5-10/h8-9,11H,2-7H2,1H3. The minimum atomic E-state index is -3.10. The maximum absolute atomic E-state index is 11.4. The number of rotatable bonds is 7. The summed E-state index contributed by atoms with van der Waals surface area (Å²) in [4.78, 5) is 0. The van der Waals surface area contributed by atoms with Crippen molar-refractivity contribution in [2.75, 3.05) is 11.6 Å². The molecule has 5 heteroatoms. The van der Waals surface area contributed by atoms with E-state index in [4.69, 9.17) is 11.6 Å². The van der Waals surface area contributed by atoms with Crippen molar-refractivity contribution in [3.8, 4) is 0 Å². The van der Waals surface area contributed by atoms with Crippen LogP contribution in [0.5, 0.6) is 0 Å². The Morgan fingerprint density at radius 2 is 2.14 bits per heavy atom. The molecule has 1 aliphatic rings. The lowest BCUT2D eigenvalue weighted by Gasteiger charge is -2.13. The molecule has 0 radical (unpaired) electrons. The smallest absolute Gasteiger partial charge is 0.211 e. The SMILES string of the molecule is CC(CC1CC1)NS(=O)(=O)CCCCl. The van der Waals surface area contributed by atoms with Gasteiger partial charge in [0.2, 0.25) is 10.0 Å². The fourth-order valence-electron chi connectivity index (χ4n) is 1.51. The van der Waals surface area contributed by atoms with Gasteiger partial charge in [0.1, 0.15) is 0 Å². The molecule has 84 valence electrons. The minimum Gasteiger partial charge on any atom is -0.212 e. The highest BCUT2D eigenvalue weighted by atomic mass is 35.5. The summed E-state index contributed by atoms with van der Waals surface area (Å²) in [6.45, 7) is 1.93. The largest absolute Gasteiger partial charge is 0.212 e. The Labute approximate surface area is 91.3 Å². The molecule has 1 unspecified atom stereocenters. The van der Waals surface area contributed by atoms with E-state index in [-0.39, 0.29) is 11.8 Å². The fraction of sp³-hybridized carbons (Fsp3) is 1.00. The van der Waals surface area contributed by atoms with Gasteiger partial charge in [0.15, 0.2) is 0 Å². The quantitative estimate of drug-likeness (QED) is 0.688. The first-order chi connectivity index (χ1) is 6.53. The van der Waals surface area contributed by atoms with Crippen molar-refractivity contribution in [3.63, 3.8) is 0 Å². The van der Waals surface area contributed by atoms with Crippen LogP contribution in [0.4, 0.5) is 0 Å². The van der Waals surface area contributed by atoms with Crippen molar-refractivity contribution in [1.82, 2.24) is 4.72 Å². The van der Waals surface area contributed by atoms with Gasteiger partial charge in [0, 0.05) is 11.9 Å². The molecule has 1 saturated carbocycles. The number of alkyl halides is 1. The highest BCUT2D eigenvalue weighted by Gasteiger charge is 2.25. The lowest BCUT2D eigenvalue weighted by Crippen LogP contribution is -2.34. The summed E-state index contributed by atoms with van der Waals surface area (Å²) in [7, 11) is -3.10. The molecule has 0 aromatic carbocycles. The van der Waals surface area contributed by atoms with E-state index in [2.05, 4.69) is 4.72 Å². The average molecular weight is 240 g/mol. The zero-order valence-electron chi connectivity index (χ0n) is 8.50.